The van der Waals surface area contributed by atoms with Crippen molar-refractivity contribution >= 4 is 17.8 Å². The zero-order chi connectivity index (χ0) is 23.1. The lowest BCUT2D eigenvalue weighted by Gasteiger charge is -2.20. The fourth-order valence-corrected chi connectivity index (χ4v) is 2.89. The lowest BCUT2D eigenvalue weighted by atomic mass is 9.99. The standard InChI is InChI=1S/C23H31NO7/c1-14-8-9-19(26)22(28)18(25)7-5-6-16-12-17(30-11-10-24(3)4)13-20(27)21(16)23(29)31-15(14)2/h5-6,8-9,12-15,18,22,25,27-28H,7,10-11H2,1-4H3/b6-5+,9-8-/t14-,15+,18+,22+/m1/s1. The molecule has 1 heterocycles. The number of aromatic hydroxyl groups is 1. The van der Waals surface area contributed by atoms with Crippen LogP contribution < -0.4 is 4.74 Å². The van der Waals surface area contributed by atoms with Gasteiger partial charge in [0.15, 0.2) is 5.78 Å². The third kappa shape index (κ3) is 6.92. The molecule has 2 rings (SSSR count). The van der Waals surface area contributed by atoms with Crippen LogP contribution in [0.3, 0.4) is 0 Å². The molecule has 4 atom stereocenters. The lowest BCUT2D eigenvalue weighted by Crippen LogP contribution is -2.32. The number of carbonyl (C=O) groups excluding carboxylic acids is 2. The van der Waals surface area contributed by atoms with E-state index in [1.54, 1.807) is 19.9 Å². The van der Waals surface area contributed by atoms with Gasteiger partial charge in [0.05, 0.1) is 6.10 Å². The zero-order valence-corrected chi connectivity index (χ0v) is 18.3. The number of nitrogens with zero attached hydrogens (tertiary/aromatic N) is 1. The van der Waals surface area contributed by atoms with E-state index in [1.807, 2.05) is 19.0 Å². The van der Waals surface area contributed by atoms with Crippen molar-refractivity contribution < 1.29 is 34.4 Å². The average molecular weight is 434 g/mol. The van der Waals surface area contributed by atoms with Gasteiger partial charge < -0.3 is 29.7 Å². The van der Waals surface area contributed by atoms with Crippen LogP contribution in [0.4, 0.5) is 0 Å². The van der Waals surface area contributed by atoms with Crippen LogP contribution in [0.1, 0.15) is 36.2 Å². The first-order chi connectivity index (χ1) is 14.6. The number of aliphatic hydroxyl groups excluding tert-OH is 2. The van der Waals surface area contributed by atoms with Gasteiger partial charge in [0, 0.05) is 18.5 Å². The molecule has 0 saturated heterocycles. The second-order valence-electron chi connectivity index (χ2n) is 7.94. The SMILES string of the molecule is C[C@@H]1/C=C\C(=O)[C@@H](O)[C@@H](O)C/C=C/c2cc(OCCN(C)C)cc(O)c2C(=O)O[C@H]1C. The predicted octanol–water partition coefficient (Wildman–Crippen LogP) is 1.78. The minimum Gasteiger partial charge on any atom is -0.507 e. The quantitative estimate of drug-likeness (QED) is 0.616. The highest BCUT2D eigenvalue weighted by atomic mass is 16.5. The molecular formula is C23H31NO7. The fraction of sp³-hybridized carbons (Fsp3) is 0.478. The van der Waals surface area contributed by atoms with Crippen molar-refractivity contribution in [3.8, 4) is 11.5 Å². The number of likely N-dealkylation sites (N-methyl/N-ethyl adjacent to an activating group) is 1. The average Bonchev–Trinajstić information content (AvgIpc) is 2.69. The number of fused-ring (bicyclic) bond motifs is 1. The van der Waals surface area contributed by atoms with Crippen LogP contribution in [0, 0.1) is 5.92 Å². The minimum absolute atomic E-state index is 0.0255. The van der Waals surface area contributed by atoms with Crippen molar-refractivity contribution in [3.63, 3.8) is 0 Å². The highest BCUT2D eigenvalue weighted by Crippen LogP contribution is 2.31. The Morgan fingerprint density at radius 1 is 1.16 bits per heavy atom. The predicted molar refractivity (Wildman–Crippen MR) is 116 cm³/mol. The van der Waals surface area contributed by atoms with Crippen molar-refractivity contribution in [1.82, 2.24) is 4.90 Å². The maximum absolute atomic E-state index is 12.8. The molecule has 31 heavy (non-hydrogen) atoms. The summed E-state index contributed by atoms with van der Waals surface area (Å²) in [5, 5.41) is 30.7. The van der Waals surface area contributed by atoms with Crippen LogP contribution in [0.25, 0.3) is 6.08 Å². The molecule has 0 saturated carbocycles. The number of cyclic esters (lactones) is 1. The molecule has 1 aromatic rings. The molecule has 0 bridgehead atoms. The number of hydrogen-bond acceptors (Lipinski definition) is 8. The van der Waals surface area contributed by atoms with E-state index in [1.165, 1.54) is 30.4 Å². The lowest BCUT2D eigenvalue weighted by molar-refractivity contribution is -0.127. The number of ketones is 1. The summed E-state index contributed by atoms with van der Waals surface area (Å²) in [6.45, 7) is 4.46. The van der Waals surface area contributed by atoms with E-state index in [0.29, 0.717) is 24.5 Å². The fourth-order valence-electron chi connectivity index (χ4n) is 2.89. The van der Waals surface area contributed by atoms with E-state index < -0.39 is 30.1 Å². The van der Waals surface area contributed by atoms with Crippen LogP contribution in [-0.2, 0) is 9.53 Å². The van der Waals surface area contributed by atoms with Gasteiger partial charge in [-0.2, -0.15) is 0 Å². The summed E-state index contributed by atoms with van der Waals surface area (Å²) in [6.07, 6.45) is 2.21. The summed E-state index contributed by atoms with van der Waals surface area (Å²) in [6, 6.07) is 2.95. The van der Waals surface area contributed by atoms with Gasteiger partial charge in [-0.15, -0.1) is 0 Å². The van der Waals surface area contributed by atoms with E-state index in [9.17, 15) is 24.9 Å². The smallest absolute Gasteiger partial charge is 0.342 e. The summed E-state index contributed by atoms with van der Waals surface area (Å²) >= 11 is 0. The van der Waals surface area contributed by atoms with Gasteiger partial charge in [-0.05, 0) is 45.1 Å². The molecule has 1 aliphatic heterocycles. The number of carbonyl (C=O) groups is 2. The maximum Gasteiger partial charge on any atom is 0.342 e. The molecule has 0 aromatic heterocycles. The van der Waals surface area contributed by atoms with Gasteiger partial charge in [0.1, 0.15) is 35.9 Å². The summed E-state index contributed by atoms with van der Waals surface area (Å²) < 4.78 is 11.2. The van der Waals surface area contributed by atoms with Crippen LogP contribution in [-0.4, -0.2) is 77.5 Å². The summed E-state index contributed by atoms with van der Waals surface area (Å²) in [5.74, 6) is -1.59. The Morgan fingerprint density at radius 2 is 1.87 bits per heavy atom. The van der Waals surface area contributed by atoms with Crippen LogP contribution in [0.2, 0.25) is 0 Å². The Labute approximate surface area is 182 Å². The molecule has 1 aliphatic rings. The third-order valence-electron chi connectivity index (χ3n) is 5.06. The summed E-state index contributed by atoms with van der Waals surface area (Å²) in [5.41, 5.74) is 0.313. The summed E-state index contributed by atoms with van der Waals surface area (Å²) in [4.78, 5) is 26.8. The maximum atomic E-state index is 12.8. The molecular weight excluding hydrogens is 402 g/mol. The first-order valence-electron chi connectivity index (χ1n) is 10.2. The van der Waals surface area contributed by atoms with Crippen molar-refractivity contribution in [2.24, 2.45) is 5.92 Å². The second-order valence-corrected chi connectivity index (χ2v) is 7.94. The van der Waals surface area contributed by atoms with Gasteiger partial charge in [0.25, 0.3) is 0 Å². The largest absolute Gasteiger partial charge is 0.507 e. The number of aliphatic hydroxyl groups is 2. The van der Waals surface area contributed by atoms with Crippen LogP contribution in [0.5, 0.6) is 11.5 Å². The molecule has 0 fully saturated rings. The van der Waals surface area contributed by atoms with E-state index in [4.69, 9.17) is 9.47 Å². The Hall–Kier alpha value is -2.68. The normalized spacial score (nSPS) is 27.2. The van der Waals surface area contributed by atoms with E-state index >= 15 is 0 Å². The number of ether oxygens (including phenoxy) is 2. The Kier molecular flexibility index (Phi) is 8.79. The molecule has 8 nitrogen and oxygen atoms in total. The molecule has 0 unspecified atom stereocenters. The molecule has 0 aliphatic carbocycles. The molecule has 1 aromatic carbocycles. The van der Waals surface area contributed by atoms with Gasteiger partial charge >= 0.3 is 5.97 Å². The first kappa shape index (κ1) is 24.6. The van der Waals surface area contributed by atoms with E-state index in [-0.39, 0.29) is 23.7 Å². The van der Waals surface area contributed by atoms with E-state index in [0.717, 1.165) is 0 Å². The molecule has 0 amide bonds. The number of benzene rings is 1. The topological polar surface area (TPSA) is 117 Å². The van der Waals surface area contributed by atoms with Gasteiger partial charge in [0.2, 0.25) is 0 Å². The van der Waals surface area contributed by atoms with Crippen molar-refractivity contribution in [2.75, 3.05) is 27.2 Å². The highest BCUT2D eigenvalue weighted by molar-refractivity contribution is 5.97. The summed E-state index contributed by atoms with van der Waals surface area (Å²) in [7, 11) is 3.82. The van der Waals surface area contributed by atoms with E-state index in [2.05, 4.69) is 0 Å². The van der Waals surface area contributed by atoms with Gasteiger partial charge in [-0.1, -0.05) is 25.2 Å². The minimum atomic E-state index is -1.57. The third-order valence-corrected chi connectivity index (χ3v) is 5.06. The van der Waals surface area contributed by atoms with Crippen LogP contribution in [0.15, 0.2) is 30.4 Å². The number of rotatable bonds is 4. The Balaban J connectivity index is 2.42. The number of hydrogen-bond donors (Lipinski definition) is 3. The number of phenolic OH excluding ortho intramolecular Hbond substituents is 1. The van der Waals surface area contributed by atoms with Gasteiger partial charge in [-0.3, -0.25) is 4.79 Å². The molecule has 0 spiro atoms. The van der Waals surface area contributed by atoms with Crippen LogP contribution >= 0.6 is 0 Å². The van der Waals surface area contributed by atoms with Crippen molar-refractivity contribution in [3.05, 3.63) is 41.5 Å². The Morgan fingerprint density at radius 3 is 2.55 bits per heavy atom. The van der Waals surface area contributed by atoms with Crippen molar-refractivity contribution in [2.45, 2.75) is 38.6 Å². The molecule has 8 heteroatoms. The van der Waals surface area contributed by atoms with Crippen molar-refractivity contribution in [1.29, 1.82) is 0 Å². The molecule has 0 radical (unpaired) electrons. The monoisotopic (exact) mass is 433 g/mol. The first-order valence-corrected chi connectivity index (χ1v) is 10.2. The van der Waals surface area contributed by atoms with Gasteiger partial charge in [-0.25, -0.2) is 4.79 Å². The highest BCUT2D eigenvalue weighted by Gasteiger charge is 2.25. The number of esters is 1. The second kappa shape index (κ2) is 11.1. The molecule has 3 N–H and O–H groups in total. The zero-order valence-electron chi connectivity index (χ0n) is 18.3. The Bertz CT molecular complexity index is 847. The number of phenols is 1. The molecule has 170 valence electrons.